The summed E-state index contributed by atoms with van der Waals surface area (Å²) in [6, 6.07) is 11.4. The van der Waals surface area contributed by atoms with Crippen LogP contribution in [0, 0.1) is 6.92 Å². The second kappa shape index (κ2) is 6.36. The molecule has 0 bridgehead atoms. The quantitative estimate of drug-likeness (QED) is 0.655. The van der Waals surface area contributed by atoms with Crippen LogP contribution in [0.4, 0.5) is 0 Å². The summed E-state index contributed by atoms with van der Waals surface area (Å²) in [6.45, 7) is 2.24. The number of hydrogen-bond acceptors (Lipinski definition) is 2. The van der Waals surface area contributed by atoms with Crippen molar-refractivity contribution in [1.29, 1.82) is 0 Å². The Morgan fingerprint density at radius 2 is 1.15 bits per heavy atom. The molecule has 5 rings (SSSR count). The molecule has 2 aromatic heterocycles. The van der Waals surface area contributed by atoms with Crippen molar-refractivity contribution in [2.24, 2.45) is 0 Å². The van der Waals surface area contributed by atoms with E-state index in [9.17, 15) is 0 Å². The van der Waals surface area contributed by atoms with Gasteiger partial charge in [0.05, 0.1) is 11.1 Å². The first-order valence-electron chi connectivity index (χ1n) is 10.4. The maximum atomic E-state index is 4.67. The Morgan fingerprint density at radius 1 is 0.704 bits per heavy atom. The lowest BCUT2D eigenvalue weighted by Gasteiger charge is -2.35. The van der Waals surface area contributed by atoms with Gasteiger partial charge in [0, 0.05) is 24.8 Å². The first-order valence-corrected chi connectivity index (χ1v) is 10.4. The fourth-order valence-corrected chi connectivity index (χ4v) is 5.58. The molecular formula is C23H28N4. The van der Waals surface area contributed by atoms with E-state index >= 15 is 0 Å². The molecule has 3 aromatic rings. The molecule has 4 heteroatoms. The standard InChI is InChI=1S/C23H28N4/c1-19-16-20(22(8-2-3-9-22)26-14-6-12-24-26)18-21(17-19)23(10-4-5-11-23)27-15-7-13-25-27/h6-7,12-18H,2-5,8-11H2,1H3. The Labute approximate surface area is 161 Å². The van der Waals surface area contributed by atoms with E-state index in [1.807, 2.05) is 12.4 Å². The van der Waals surface area contributed by atoms with Gasteiger partial charge in [-0.25, -0.2) is 0 Å². The summed E-state index contributed by atoms with van der Waals surface area (Å²) in [5, 5.41) is 9.34. The lowest BCUT2D eigenvalue weighted by Crippen LogP contribution is -2.35. The van der Waals surface area contributed by atoms with Gasteiger partial charge in [-0.05, 0) is 55.9 Å². The van der Waals surface area contributed by atoms with Crippen LogP contribution in [-0.4, -0.2) is 19.6 Å². The van der Waals surface area contributed by atoms with Gasteiger partial charge < -0.3 is 0 Å². The van der Waals surface area contributed by atoms with Crippen LogP contribution in [0.1, 0.15) is 68.1 Å². The summed E-state index contributed by atoms with van der Waals surface area (Å²) in [5.41, 5.74) is 4.22. The fourth-order valence-electron chi connectivity index (χ4n) is 5.58. The fraction of sp³-hybridized carbons (Fsp3) is 0.478. The van der Waals surface area contributed by atoms with Crippen LogP contribution < -0.4 is 0 Å². The van der Waals surface area contributed by atoms with Crippen molar-refractivity contribution in [2.75, 3.05) is 0 Å². The van der Waals surface area contributed by atoms with Gasteiger partial charge in [-0.3, -0.25) is 9.36 Å². The van der Waals surface area contributed by atoms with Gasteiger partial charge in [0.2, 0.25) is 0 Å². The molecular weight excluding hydrogens is 332 g/mol. The van der Waals surface area contributed by atoms with Crippen molar-refractivity contribution in [3.63, 3.8) is 0 Å². The molecule has 0 N–H and O–H groups in total. The number of aryl methyl sites for hydroxylation is 1. The first kappa shape index (κ1) is 16.8. The molecule has 0 amide bonds. The Hall–Kier alpha value is -2.36. The highest BCUT2D eigenvalue weighted by molar-refractivity contribution is 5.40. The van der Waals surface area contributed by atoms with Crippen molar-refractivity contribution in [2.45, 2.75) is 69.4 Å². The van der Waals surface area contributed by atoms with E-state index in [0.717, 1.165) is 0 Å². The van der Waals surface area contributed by atoms with Crippen molar-refractivity contribution in [3.05, 3.63) is 71.8 Å². The summed E-state index contributed by atoms with van der Waals surface area (Å²) in [4.78, 5) is 0. The first-order chi connectivity index (χ1) is 13.2. The van der Waals surface area contributed by atoms with Crippen molar-refractivity contribution < 1.29 is 0 Å². The van der Waals surface area contributed by atoms with Gasteiger partial charge in [0.1, 0.15) is 0 Å². The van der Waals surface area contributed by atoms with E-state index in [1.165, 1.54) is 68.1 Å². The van der Waals surface area contributed by atoms with Gasteiger partial charge in [-0.1, -0.05) is 49.4 Å². The highest BCUT2D eigenvalue weighted by Crippen LogP contribution is 2.46. The van der Waals surface area contributed by atoms with Crippen molar-refractivity contribution in [3.8, 4) is 0 Å². The monoisotopic (exact) mass is 360 g/mol. The zero-order valence-electron chi connectivity index (χ0n) is 16.1. The second-order valence-corrected chi connectivity index (χ2v) is 8.47. The largest absolute Gasteiger partial charge is 0.262 e. The number of rotatable bonds is 4. The predicted molar refractivity (Wildman–Crippen MR) is 107 cm³/mol. The molecule has 4 nitrogen and oxygen atoms in total. The Balaban J connectivity index is 1.67. The average Bonchev–Trinajstić information content (AvgIpc) is 3.50. The molecule has 2 aliphatic rings. The average molecular weight is 361 g/mol. The number of hydrogen-bond donors (Lipinski definition) is 0. The Kier molecular flexibility index (Phi) is 3.96. The Morgan fingerprint density at radius 3 is 1.52 bits per heavy atom. The molecule has 2 saturated carbocycles. The van der Waals surface area contributed by atoms with Crippen molar-refractivity contribution in [1.82, 2.24) is 19.6 Å². The van der Waals surface area contributed by atoms with Crippen LogP contribution in [0.2, 0.25) is 0 Å². The second-order valence-electron chi connectivity index (χ2n) is 8.47. The zero-order valence-corrected chi connectivity index (χ0v) is 16.1. The van der Waals surface area contributed by atoms with E-state index in [0.29, 0.717) is 0 Å². The molecule has 0 unspecified atom stereocenters. The number of benzene rings is 1. The zero-order chi connectivity index (χ0) is 18.3. The van der Waals surface area contributed by atoms with Gasteiger partial charge >= 0.3 is 0 Å². The van der Waals surface area contributed by atoms with E-state index in [2.05, 4.69) is 69.2 Å². The molecule has 0 saturated heterocycles. The molecule has 2 heterocycles. The van der Waals surface area contributed by atoms with Crippen LogP contribution in [0.25, 0.3) is 0 Å². The van der Waals surface area contributed by atoms with Crippen LogP contribution in [0.3, 0.4) is 0 Å². The van der Waals surface area contributed by atoms with Crippen LogP contribution in [0.15, 0.2) is 55.1 Å². The van der Waals surface area contributed by atoms with E-state index in [-0.39, 0.29) is 11.1 Å². The van der Waals surface area contributed by atoms with Crippen LogP contribution in [0.5, 0.6) is 0 Å². The maximum Gasteiger partial charge on any atom is 0.0876 e. The number of nitrogens with zero attached hydrogens (tertiary/aromatic N) is 4. The minimum atomic E-state index is 0.00812. The van der Waals surface area contributed by atoms with Crippen LogP contribution >= 0.6 is 0 Å². The maximum absolute atomic E-state index is 4.67. The summed E-state index contributed by atoms with van der Waals surface area (Å²) in [7, 11) is 0. The summed E-state index contributed by atoms with van der Waals surface area (Å²) < 4.78 is 4.43. The summed E-state index contributed by atoms with van der Waals surface area (Å²) in [6.07, 6.45) is 17.9. The third kappa shape index (κ3) is 2.57. The van der Waals surface area contributed by atoms with Gasteiger partial charge in [-0.2, -0.15) is 10.2 Å². The topological polar surface area (TPSA) is 35.6 Å². The molecule has 27 heavy (non-hydrogen) atoms. The molecule has 2 aliphatic carbocycles. The van der Waals surface area contributed by atoms with Crippen molar-refractivity contribution >= 4 is 0 Å². The highest BCUT2D eigenvalue weighted by atomic mass is 15.3. The minimum Gasteiger partial charge on any atom is -0.262 e. The molecule has 0 spiro atoms. The molecule has 2 fully saturated rings. The molecule has 0 atom stereocenters. The van der Waals surface area contributed by atoms with Crippen LogP contribution in [-0.2, 0) is 11.1 Å². The number of aromatic nitrogens is 4. The normalized spacial score (nSPS) is 20.9. The lowest BCUT2D eigenvalue weighted by molar-refractivity contribution is 0.317. The Bertz CT molecular complexity index is 824. The summed E-state index contributed by atoms with van der Waals surface area (Å²) >= 11 is 0. The minimum absolute atomic E-state index is 0.00812. The van der Waals surface area contributed by atoms with E-state index in [4.69, 9.17) is 0 Å². The third-order valence-electron chi connectivity index (χ3n) is 6.90. The smallest absolute Gasteiger partial charge is 0.0876 e. The summed E-state index contributed by atoms with van der Waals surface area (Å²) in [5.74, 6) is 0. The molecule has 1 aromatic carbocycles. The third-order valence-corrected chi connectivity index (χ3v) is 6.90. The van der Waals surface area contributed by atoms with Gasteiger partial charge in [0.25, 0.3) is 0 Å². The molecule has 140 valence electrons. The van der Waals surface area contributed by atoms with E-state index < -0.39 is 0 Å². The SMILES string of the molecule is Cc1cc(C2(n3cccn3)CCCC2)cc(C2(n3cccn3)CCCC2)c1. The van der Waals surface area contributed by atoms with Gasteiger partial charge in [-0.15, -0.1) is 0 Å². The van der Waals surface area contributed by atoms with Gasteiger partial charge in [0.15, 0.2) is 0 Å². The predicted octanol–water partition coefficient (Wildman–Crippen LogP) is 5.02. The highest BCUT2D eigenvalue weighted by Gasteiger charge is 2.42. The lowest BCUT2D eigenvalue weighted by atomic mass is 9.81. The van der Waals surface area contributed by atoms with E-state index in [1.54, 1.807) is 0 Å². The molecule has 0 radical (unpaired) electrons. The molecule has 0 aliphatic heterocycles.